The number of ketones is 1. The molecule has 29 heavy (non-hydrogen) atoms. The van der Waals surface area contributed by atoms with E-state index in [0.29, 0.717) is 35.2 Å². The Morgan fingerprint density at radius 3 is 2.62 bits per heavy atom. The van der Waals surface area contributed by atoms with E-state index in [0.717, 1.165) is 44.0 Å². The predicted octanol–water partition coefficient (Wildman–Crippen LogP) is 3.25. The summed E-state index contributed by atoms with van der Waals surface area (Å²) in [7, 11) is 0. The van der Waals surface area contributed by atoms with Crippen molar-refractivity contribution >= 4 is 17.5 Å². The molecule has 5 heteroatoms. The third kappa shape index (κ3) is 3.08. The van der Waals surface area contributed by atoms with E-state index in [-0.39, 0.29) is 29.3 Å². The Labute approximate surface area is 180 Å². The molecule has 4 saturated carbocycles. The molecule has 1 saturated heterocycles. The summed E-state index contributed by atoms with van der Waals surface area (Å²) in [4.78, 5) is 12.7. The molecule has 1 heterocycles. The fourth-order valence-corrected chi connectivity index (χ4v) is 10.1. The van der Waals surface area contributed by atoms with Gasteiger partial charge in [0.25, 0.3) is 0 Å². The zero-order chi connectivity index (χ0) is 20.4. The van der Waals surface area contributed by atoms with Crippen molar-refractivity contribution in [1.82, 2.24) is 5.32 Å². The Hall–Kier alpha value is -0.100. The van der Waals surface area contributed by atoms with Gasteiger partial charge in [0.2, 0.25) is 0 Å². The van der Waals surface area contributed by atoms with Gasteiger partial charge in [0, 0.05) is 41.4 Å². The molecule has 0 spiro atoms. The van der Waals surface area contributed by atoms with E-state index in [1.807, 2.05) is 0 Å². The fraction of sp³-hybridized carbons (Fsp3) is 0.958. The summed E-state index contributed by atoms with van der Waals surface area (Å²) >= 11 is 2.17. The van der Waals surface area contributed by atoms with Crippen LogP contribution in [0, 0.1) is 40.4 Å². The van der Waals surface area contributed by atoms with Crippen LogP contribution in [0.25, 0.3) is 0 Å². The molecule has 0 aromatic heterocycles. The molecule has 0 radical (unpaired) electrons. The number of aliphatic hydroxyl groups excluding tert-OH is 2. The maximum Gasteiger partial charge on any atom is 0.139 e. The van der Waals surface area contributed by atoms with Crippen LogP contribution in [-0.4, -0.2) is 52.3 Å². The average Bonchev–Trinajstić information content (AvgIpc) is 3.31. The van der Waals surface area contributed by atoms with Crippen molar-refractivity contribution in [2.45, 2.75) is 81.8 Å². The summed E-state index contributed by atoms with van der Waals surface area (Å²) in [5, 5.41) is 26.8. The van der Waals surface area contributed by atoms with Gasteiger partial charge in [0.05, 0.1) is 6.10 Å². The second kappa shape index (κ2) is 7.50. The summed E-state index contributed by atoms with van der Waals surface area (Å²) in [6, 6.07) is 0. The summed E-state index contributed by atoms with van der Waals surface area (Å²) in [5.41, 5.74) is -0.0247. The Bertz CT molecular complexity index is 652. The molecular weight excluding hydrogens is 382 g/mol. The summed E-state index contributed by atoms with van der Waals surface area (Å²) in [5.74, 6) is 1.82. The van der Waals surface area contributed by atoms with Gasteiger partial charge in [-0.3, -0.25) is 4.79 Å². The molecule has 5 aliphatic rings. The van der Waals surface area contributed by atoms with E-state index < -0.39 is 6.10 Å². The Morgan fingerprint density at radius 2 is 1.90 bits per heavy atom. The predicted molar refractivity (Wildman–Crippen MR) is 117 cm³/mol. The minimum absolute atomic E-state index is 0.0237. The number of thioether (sulfide) groups is 1. The first-order chi connectivity index (χ1) is 13.9. The lowest BCUT2D eigenvalue weighted by atomic mass is 9.42. The zero-order valence-corrected chi connectivity index (χ0v) is 18.9. The monoisotopic (exact) mass is 421 g/mol. The number of Topliss-reactive ketones (excluding diaryl/α,β-unsaturated/α-hetero) is 1. The minimum Gasteiger partial charge on any atom is -0.396 e. The largest absolute Gasteiger partial charge is 0.396 e. The van der Waals surface area contributed by atoms with Crippen LogP contribution in [0.15, 0.2) is 0 Å². The highest BCUT2D eigenvalue weighted by atomic mass is 32.2. The van der Waals surface area contributed by atoms with Crippen molar-refractivity contribution in [1.29, 1.82) is 0 Å². The van der Waals surface area contributed by atoms with Crippen molar-refractivity contribution < 1.29 is 15.0 Å². The maximum absolute atomic E-state index is 12.7. The summed E-state index contributed by atoms with van der Waals surface area (Å²) in [6.45, 7) is 7.01. The highest BCUT2D eigenvalue weighted by Gasteiger charge is 2.64. The second-order valence-corrected chi connectivity index (χ2v) is 12.9. The van der Waals surface area contributed by atoms with Crippen LogP contribution in [0.3, 0.4) is 0 Å². The molecule has 4 aliphatic carbocycles. The first kappa shape index (κ1) is 20.8. The highest BCUT2D eigenvalue weighted by Crippen LogP contribution is 2.67. The van der Waals surface area contributed by atoms with Crippen LogP contribution in [0.1, 0.15) is 65.2 Å². The van der Waals surface area contributed by atoms with E-state index in [9.17, 15) is 15.0 Å². The lowest BCUT2D eigenvalue weighted by Crippen LogP contribution is -2.62. The van der Waals surface area contributed by atoms with Gasteiger partial charge in [-0.2, -0.15) is 11.8 Å². The number of carbonyl (C=O) groups is 1. The van der Waals surface area contributed by atoms with Gasteiger partial charge in [-0.25, -0.2) is 0 Å². The number of hydrogen-bond acceptors (Lipinski definition) is 5. The van der Waals surface area contributed by atoms with E-state index >= 15 is 0 Å². The van der Waals surface area contributed by atoms with Crippen molar-refractivity contribution in [3.05, 3.63) is 0 Å². The Morgan fingerprint density at radius 1 is 1.07 bits per heavy atom. The third-order valence-corrected chi connectivity index (χ3v) is 11.8. The molecule has 10 atom stereocenters. The molecule has 2 unspecified atom stereocenters. The van der Waals surface area contributed by atoms with E-state index in [4.69, 9.17) is 0 Å². The molecule has 5 fully saturated rings. The minimum atomic E-state index is -0.449. The standard InChI is InChI=1S/C24H39NO3S/c1-23-8-5-14(29-15-7-10-25-12-15)11-19(23)16(13-26)22(28)21-17-3-4-20(27)24(17,2)9-6-18(21)23/h14-19,21-22,25-26,28H,3-13H2,1-2H3/t14-,15?,16-,17+,18+,19?,21+,22-,23-,24+/m1/s1. The van der Waals surface area contributed by atoms with Gasteiger partial charge >= 0.3 is 0 Å². The van der Waals surface area contributed by atoms with Crippen molar-refractivity contribution in [3.8, 4) is 0 Å². The Balaban J connectivity index is 1.41. The quantitative estimate of drug-likeness (QED) is 0.653. The molecular formula is C24H39NO3S. The molecule has 0 bridgehead atoms. The average molecular weight is 422 g/mol. The molecule has 5 rings (SSSR count). The van der Waals surface area contributed by atoms with E-state index in [2.05, 4.69) is 30.9 Å². The highest BCUT2D eigenvalue weighted by molar-refractivity contribution is 8.00. The second-order valence-electron chi connectivity index (χ2n) is 11.3. The van der Waals surface area contributed by atoms with Crippen LogP contribution in [0.2, 0.25) is 0 Å². The Kier molecular flexibility index (Phi) is 5.37. The van der Waals surface area contributed by atoms with Gasteiger partial charge in [-0.15, -0.1) is 0 Å². The molecule has 0 aromatic rings. The normalized spacial score (nSPS) is 54.7. The summed E-state index contributed by atoms with van der Waals surface area (Å²) < 4.78 is 0. The van der Waals surface area contributed by atoms with E-state index in [1.54, 1.807) is 0 Å². The number of rotatable bonds is 3. The molecule has 1 aliphatic heterocycles. The van der Waals surface area contributed by atoms with Gasteiger partial charge in [0.15, 0.2) is 0 Å². The fourth-order valence-electron chi connectivity index (χ4n) is 8.56. The molecule has 3 N–H and O–H groups in total. The summed E-state index contributed by atoms with van der Waals surface area (Å²) in [6.07, 6.45) is 8.17. The van der Waals surface area contributed by atoms with Crippen molar-refractivity contribution in [2.24, 2.45) is 40.4 Å². The molecule has 0 amide bonds. The van der Waals surface area contributed by atoms with Crippen LogP contribution in [0.5, 0.6) is 0 Å². The number of carbonyl (C=O) groups excluding carboxylic acids is 1. The third-order valence-electron chi connectivity index (χ3n) is 10.2. The number of hydrogen-bond donors (Lipinski definition) is 3. The van der Waals surface area contributed by atoms with Crippen LogP contribution in [-0.2, 0) is 4.79 Å². The molecule has 0 aromatic carbocycles. The topological polar surface area (TPSA) is 69.6 Å². The number of aliphatic hydroxyl groups is 2. The van der Waals surface area contributed by atoms with Gasteiger partial charge in [-0.05, 0) is 80.6 Å². The zero-order valence-electron chi connectivity index (χ0n) is 18.1. The van der Waals surface area contributed by atoms with E-state index in [1.165, 1.54) is 19.3 Å². The first-order valence-electron chi connectivity index (χ1n) is 12.1. The lowest BCUT2D eigenvalue weighted by molar-refractivity contribution is -0.195. The smallest absolute Gasteiger partial charge is 0.139 e. The van der Waals surface area contributed by atoms with Crippen LogP contribution in [0.4, 0.5) is 0 Å². The first-order valence-corrected chi connectivity index (χ1v) is 13.0. The lowest BCUT2D eigenvalue weighted by Gasteiger charge is -2.64. The van der Waals surface area contributed by atoms with Crippen molar-refractivity contribution in [2.75, 3.05) is 19.7 Å². The molecule has 4 nitrogen and oxygen atoms in total. The van der Waals surface area contributed by atoms with Crippen LogP contribution < -0.4 is 5.32 Å². The van der Waals surface area contributed by atoms with Gasteiger partial charge in [-0.1, -0.05) is 13.8 Å². The van der Waals surface area contributed by atoms with Gasteiger partial charge < -0.3 is 15.5 Å². The van der Waals surface area contributed by atoms with Gasteiger partial charge in [0.1, 0.15) is 5.78 Å². The molecule has 164 valence electrons. The number of nitrogens with one attached hydrogen (secondary N) is 1. The maximum atomic E-state index is 12.7. The SMILES string of the molecule is C[C@]12CC[C@@H](SC3CCNC3)CC1[C@@H](CO)[C@@H](O)[C@@H]1[C@@H]2CC[C@]2(C)C(=O)CC[C@@H]12. The van der Waals surface area contributed by atoms with Crippen LogP contribution >= 0.6 is 11.8 Å². The number of fused-ring (bicyclic) bond motifs is 5. The van der Waals surface area contributed by atoms with Crippen molar-refractivity contribution in [3.63, 3.8) is 0 Å².